The molecule has 3 rings (SSSR count). The summed E-state index contributed by atoms with van der Waals surface area (Å²) in [7, 11) is -0.656. The minimum absolute atomic E-state index is 0.114. The largest absolute Gasteiger partial charge is 0.497 e. The van der Waals surface area contributed by atoms with Gasteiger partial charge in [-0.15, -0.1) is 0 Å². The summed E-state index contributed by atoms with van der Waals surface area (Å²) < 4.78 is 33.6. The highest BCUT2D eigenvalue weighted by Gasteiger charge is 2.16. The summed E-state index contributed by atoms with van der Waals surface area (Å²) in [6, 6.07) is 12.3. The number of hydrogen-bond donors (Lipinski definition) is 2. The molecular formula is C20H22N4O4S2. The van der Waals surface area contributed by atoms with E-state index in [2.05, 4.69) is 15.0 Å². The molecule has 2 aromatic carbocycles. The fourth-order valence-corrected chi connectivity index (χ4v) is 4.52. The van der Waals surface area contributed by atoms with Crippen molar-refractivity contribution in [1.82, 2.24) is 14.3 Å². The Morgan fingerprint density at radius 2 is 2.03 bits per heavy atom. The average Bonchev–Trinajstić information content (AvgIpc) is 3.22. The van der Waals surface area contributed by atoms with E-state index in [4.69, 9.17) is 4.74 Å². The van der Waals surface area contributed by atoms with Crippen molar-refractivity contribution in [2.24, 2.45) is 0 Å². The highest BCUT2D eigenvalue weighted by Crippen LogP contribution is 2.24. The normalized spacial score (nSPS) is 11.3. The molecule has 0 spiro atoms. The fraction of sp³-hybridized carbons (Fsp3) is 0.200. The first kappa shape index (κ1) is 21.9. The average molecular weight is 447 g/mol. The van der Waals surface area contributed by atoms with Crippen LogP contribution in [0.25, 0.3) is 5.69 Å². The summed E-state index contributed by atoms with van der Waals surface area (Å²) in [6.07, 6.45) is 3.47. The van der Waals surface area contributed by atoms with Gasteiger partial charge in [0.05, 0.1) is 23.4 Å². The highest BCUT2D eigenvalue weighted by atomic mass is 32.2. The van der Waals surface area contributed by atoms with E-state index in [1.54, 1.807) is 32.4 Å². The van der Waals surface area contributed by atoms with Crippen LogP contribution in [0.4, 0.5) is 5.69 Å². The Balaban J connectivity index is 1.69. The Morgan fingerprint density at radius 3 is 2.77 bits per heavy atom. The number of amides is 1. The molecule has 1 amide bonds. The number of aromatic nitrogens is 2. The third-order valence-corrected chi connectivity index (χ3v) is 6.82. The third-order valence-electron chi connectivity index (χ3n) is 4.30. The summed E-state index contributed by atoms with van der Waals surface area (Å²) >= 11 is 1.28. The number of benzene rings is 2. The molecule has 0 atom stereocenters. The van der Waals surface area contributed by atoms with Crippen LogP contribution in [0.5, 0.6) is 5.75 Å². The van der Waals surface area contributed by atoms with Crippen molar-refractivity contribution in [3.8, 4) is 11.4 Å². The second kappa shape index (κ2) is 9.33. The number of hydrogen-bond acceptors (Lipinski definition) is 6. The molecule has 0 bridgehead atoms. The summed E-state index contributed by atoms with van der Waals surface area (Å²) in [5.74, 6) is 0.571. The lowest BCUT2D eigenvalue weighted by molar-refractivity contribution is -0.113. The lowest BCUT2D eigenvalue weighted by Gasteiger charge is -2.11. The minimum atomic E-state index is -3.61. The van der Waals surface area contributed by atoms with Crippen LogP contribution < -0.4 is 14.8 Å². The molecule has 0 saturated heterocycles. The quantitative estimate of drug-likeness (QED) is 0.516. The highest BCUT2D eigenvalue weighted by molar-refractivity contribution is 7.99. The van der Waals surface area contributed by atoms with Gasteiger partial charge in [0.2, 0.25) is 15.9 Å². The maximum Gasteiger partial charge on any atom is 0.240 e. The van der Waals surface area contributed by atoms with Crippen molar-refractivity contribution in [2.45, 2.75) is 17.0 Å². The van der Waals surface area contributed by atoms with E-state index >= 15 is 0 Å². The van der Waals surface area contributed by atoms with Crippen molar-refractivity contribution >= 4 is 33.4 Å². The minimum Gasteiger partial charge on any atom is -0.497 e. The van der Waals surface area contributed by atoms with E-state index < -0.39 is 10.0 Å². The zero-order chi connectivity index (χ0) is 21.7. The predicted molar refractivity (Wildman–Crippen MR) is 117 cm³/mol. The summed E-state index contributed by atoms with van der Waals surface area (Å²) in [4.78, 5) is 16.9. The molecule has 3 aromatic rings. The molecule has 0 unspecified atom stereocenters. The summed E-state index contributed by atoms with van der Waals surface area (Å²) in [6.45, 7) is 1.70. The van der Waals surface area contributed by atoms with Gasteiger partial charge in [-0.25, -0.2) is 18.1 Å². The third kappa shape index (κ3) is 5.02. The first-order chi connectivity index (χ1) is 14.3. The van der Waals surface area contributed by atoms with E-state index in [-0.39, 0.29) is 16.6 Å². The van der Waals surface area contributed by atoms with Gasteiger partial charge in [-0.05, 0) is 43.8 Å². The number of carbonyl (C=O) groups excluding carboxylic acids is 1. The maximum atomic E-state index is 12.4. The van der Waals surface area contributed by atoms with Gasteiger partial charge in [0, 0.05) is 24.1 Å². The second-order valence-electron chi connectivity index (χ2n) is 6.31. The molecular weight excluding hydrogens is 424 g/mol. The van der Waals surface area contributed by atoms with Gasteiger partial charge < -0.3 is 10.1 Å². The molecule has 0 fully saturated rings. The summed E-state index contributed by atoms with van der Waals surface area (Å²) in [5.41, 5.74) is 1.88. The first-order valence-corrected chi connectivity index (χ1v) is 11.5. The number of aryl methyl sites for hydroxylation is 1. The van der Waals surface area contributed by atoms with Gasteiger partial charge in [0.15, 0.2) is 5.16 Å². The molecule has 10 heteroatoms. The van der Waals surface area contributed by atoms with E-state index in [0.29, 0.717) is 16.4 Å². The number of sulfonamides is 1. The van der Waals surface area contributed by atoms with Crippen LogP contribution in [0.15, 0.2) is 64.9 Å². The van der Waals surface area contributed by atoms with Crippen molar-refractivity contribution in [1.29, 1.82) is 0 Å². The van der Waals surface area contributed by atoms with Crippen molar-refractivity contribution in [2.75, 3.05) is 25.2 Å². The van der Waals surface area contributed by atoms with Gasteiger partial charge in [0.1, 0.15) is 5.75 Å². The summed E-state index contributed by atoms with van der Waals surface area (Å²) in [5, 5.41) is 3.39. The Labute approximate surface area is 179 Å². The fourth-order valence-electron chi connectivity index (χ4n) is 2.76. The molecule has 0 radical (unpaired) electrons. The van der Waals surface area contributed by atoms with E-state index in [1.807, 2.05) is 35.0 Å². The Hall–Kier alpha value is -2.82. The maximum absolute atomic E-state index is 12.4. The zero-order valence-electron chi connectivity index (χ0n) is 16.7. The SMILES string of the molecule is CNS(=O)(=O)c1cc(NC(=O)CSc2nccn2-c2cccc(OC)c2)ccc1C. The Kier molecular flexibility index (Phi) is 6.80. The topological polar surface area (TPSA) is 102 Å². The lowest BCUT2D eigenvalue weighted by atomic mass is 10.2. The monoisotopic (exact) mass is 446 g/mol. The van der Waals surface area contributed by atoms with Crippen LogP contribution in [0.3, 0.4) is 0 Å². The Bertz CT molecular complexity index is 1160. The van der Waals surface area contributed by atoms with Crippen LogP contribution in [-0.4, -0.2) is 43.8 Å². The van der Waals surface area contributed by atoms with Crippen molar-refractivity contribution < 1.29 is 17.9 Å². The van der Waals surface area contributed by atoms with Gasteiger partial charge in [-0.2, -0.15) is 0 Å². The smallest absolute Gasteiger partial charge is 0.240 e. The number of anilines is 1. The molecule has 1 heterocycles. The standard InChI is InChI=1S/C20H22N4O4S2/c1-14-7-8-15(11-18(14)30(26,27)21-2)23-19(25)13-29-20-22-9-10-24(20)16-5-4-6-17(12-16)28-3/h4-12,21H,13H2,1-3H3,(H,23,25). The van der Waals surface area contributed by atoms with Crippen LogP contribution >= 0.6 is 11.8 Å². The number of carbonyl (C=O) groups is 1. The number of imidazole rings is 1. The number of nitrogens with one attached hydrogen (secondary N) is 2. The van der Waals surface area contributed by atoms with Gasteiger partial charge in [0.25, 0.3) is 0 Å². The molecule has 8 nitrogen and oxygen atoms in total. The zero-order valence-corrected chi connectivity index (χ0v) is 18.4. The predicted octanol–water partition coefficient (Wildman–Crippen LogP) is 2.83. The molecule has 0 saturated carbocycles. The molecule has 0 aliphatic heterocycles. The van der Waals surface area contributed by atoms with E-state index in [0.717, 1.165) is 11.4 Å². The molecule has 1 aromatic heterocycles. The number of methoxy groups -OCH3 is 1. The molecule has 0 aliphatic rings. The van der Waals surface area contributed by atoms with Gasteiger partial charge >= 0.3 is 0 Å². The number of ether oxygens (including phenoxy) is 1. The van der Waals surface area contributed by atoms with Crippen LogP contribution in [0.1, 0.15) is 5.56 Å². The molecule has 0 aliphatic carbocycles. The lowest BCUT2D eigenvalue weighted by Crippen LogP contribution is -2.20. The van der Waals surface area contributed by atoms with Crippen molar-refractivity contribution in [3.63, 3.8) is 0 Å². The molecule has 2 N–H and O–H groups in total. The van der Waals surface area contributed by atoms with Crippen molar-refractivity contribution in [3.05, 3.63) is 60.4 Å². The van der Waals surface area contributed by atoms with Crippen LogP contribution in [-0.2, 0) is 14.8 Å². The molecule has 158 valence electrons. The van der Waals surface area contributed by atoms with E-state index in [9.17, 15) is 13.2 Å². The van der Waals surface area contributed by atoms with E-state index in [1.165, 1.54) is 24.9 Å². The number of nitrogens with zero attached hydrogens (tertiary/aromatic N) is 2. The van der Waals surface area contributed by atoms with Gasteiger partial charge in [-0.3, -0.25) is 9.36 Å². The van der Waals surface area contributed by atoms with Gasteiger partial charge in [-0.1, -0.05) is 23.9 Å². The Morgan fingerprint density at radius 1 is 1.23 bits per heavy atom. The first-order valence-electron chi connectivity index (χ1n) is 8.98. The second-order valence-corrected chi connectivity index (χ2v) is 9.10. The molecule has 30 heavy (non-hydrogen) atoms. The van der Waals surface area contributed by atoms with Crippen LogP contribution in [0, 0.1) is 6.92 Å². The van der Waals surface area contributed by atoms with Crippen LogP contribution in [0.2, 0.25) is 0 Å². The number of thioether (sulfide) groups is 1. The number of rotatable bonds is 8.